The predicted octanol–water partition coefficient (Wildman–Crippen LogP) is 2.90. The topological polar surface area (TPSA) is 62.3 Å². The first-order valence-corrected chi connectivity index (χ1v) is 10.6. The quantitative estimate of drug-likeness (QED) is 0.521. The molecule has 1 aromatic carbocycles. The molecule has 1 aliphatic heterocycles. The van der Waals surface area contributed by atoms with Crippen molar-refractivity contribution in [3.63, 3.8) is 0 Å². The van der Waals surface area contributed by atoms with Crippen LogP contribution in [0, 0.1) is 0 Å². The minimum Gasteiger partial charge on any atom is -0.357 e. The molecule has 5 nitrogen and oxygen atoms in total. The molecule has 0 spiro atoms. The number of hydrogen-bond acceptors (Lipinski definition) is 3. The summed E-state index contributed by atoms with van der Waals surface area (Å²) in [6.07, 6.45) is 7.14. The van der Waals surface area contributed by atoms with Gasteiger partial charge >= 0.3 is 0 Å². The normalized spacial score (nSPS) is 17.2. The van der Waals surface area contributed by atoms with Gasteiger partial charge in [0.2, 0.25) is 11.8 Å². The molecule has 0 fully saturated rings. The molecule has 0 saturated heterocycles. The fraction of sp³-hybridized carbons (Fsp3) is 0.435. The first-order chi connectivity index (χ1) is 14.5. The lowest BCUT2D eigenvalue weighted by molar-refractivity contribution is -0.121. The number of hydrogen-bond donors (Lipinski definition) is 1. The lowest BCUT2D eigenvalue weighted by Crippen LogP contribution is -2.35. The molecule has 30 heavy (non-hydrogen) atoms. The molecule has 3 rings (SSSR count). The van der Waals surface area contributed by atoms with Crippen molar-refractivity contribution in [2.75, 3.05) is 11.4 Å². The van der Waals surface area contributed by atoms with E-state index >= 15 is 0 Å². The van der Waals surface area contributed by atoms with Crippen LogP contribution in [0.4, 0.5) is 5.69 Å². The third kappa shape index (κ3) is 5.32. The number of benzene rings is 1. The molecule has 1 N–H and O–H groups in total. The highest BCUT2D eigenvalue weighted by molar-refractivity contribution is 6.30. The zero-order valence-corrected chi connectivity index (χ0v) is 17.5. The van der Waals surface area contributed by atoms with E-state index in [1.165, 1.54) is 5.56 Å². The maximum atomic E-state index is 12.7. The van der Waals surface area contributed by atoms with Crippen molar-refractivity contribution < 1.29 is 9.59 Å². The van der Waals surface area contributed by atoms with Gasteiger partial charge in [-0.1, -0.05) is 30.7 Å². The number of carbonyl (C=O) groups is 2. The van der Waals surface area contributed by atoms with Crippen LogP contribution in [0.3, 0.4) is 0 Å². The van der Waals surface area contributed by atoms with Gasteiger partial charge in [0.15, 0.2) is 0 Å². The van der Waals surface area contributed by atoms with Gasteiger partial charge in [0.25, 0.3) is 0 Å². The van der Waals surface area contributed by atoms with E-state index < -0.39 is 11.6 Å². The van der Waals surface area contributed by atoms with Crippen LogP contribution in [-0.4, -0.2) is 45.1 Å². The van der Waals surface area contributed by atoms with E-state index in [4.69, 9.17) is 15.7 Å². The summed E-state index contributed by atoms with van der Waals surface area (Å²) in [5.74, 6) is -1.53. The average molecular weight is 399 g/mol. The van der Waals surface area contributed by atoms with E-state index in [9.17, 15) is 9.59 Å². The van der Waals surface area contributed by atoms with Gasteiger partial charge in [0, 0.05) is 37.1 Å². The number of rotatable bonds is 9. The first kappa shape index (κ1) is 22.1. The number of unbranched alkanes of at least 4 members (excludes halogenated alkanes) is 2. The smallest absolute Gasteiger partial charge is 0.227 e. The lowest BCUT2D eigenvalue weighted by atomic mass is 9.63. The molecule has 152 valence electrons. The number of aromatic nitrogens is 1. The molecule has 1 unspecified atom stereocenters. The monoisotopic (exact) mass is 399 g/mol. The summed E-state index contributed by atoms with van der Waals surface area (Å²) in [4.78, 5) is 30.8. The Morgan fingerprint density at radius 1 is 1.17 bits per heavy atom. The highest BCUT2D eigenvalue weighted by Gasteiger charge is 2.29. The van der Waals surface area contributed by atoms with Crippen LogP contribution >= 0.6 is 0 Å². The number of nitrogens with zero attached hydrogens (tertiary/aromatic N) is 2. The number of anilines is 1. The Hall–Kier alpha value is -2.56. The number of para-hydroxylation sites is 1. The number of nitrogens with one attached hydrogen (secondary N) is 1. The van der Waals surface area contributed by atoms with E-state index in [-0.39, 0.29) is 17.9 Å². The SMILES string of the molecule is [B][C@H](C(=O)NCCCCCC(=O)N1c2ccccc2CC1C)[C@H]([B])c1cccnc1. The van der Waals surface area contributed by atoms with Crippen LogP contribution in [-0.2, 0) is 16.0 Å². The number of carbonyl (C=O) groups excluding carboxylic acids is 2. The van der Waals surface area contributed by atoms with Crippen LogP contribution in [0.25, 0.3) is 0 Å². The van der Waals surface area contributed by atoms with Gasteiger partial charge in [0.05, 0.1) is 15.7 Å². The van der Waals surface area contributed by atoms with Crippen molar-refractivity contribution in [1.82, 2.24) is 10.3 Å². The fourth-order valence-electron chi connectivity index (χ4n) is 3.92. The van der Waals surface area contributed by atoms with E-state index in [0.717, 1.165) is 36.9 Å². The Balaban J connectivity index is 1.35. The molecule has 2 heterocycles. The molecule has 2 aromatic rings. The molecule has 0 saturated carbocycles. The third-order valence-corrected chi connectivity index (χ3v) is 5.60. The Kier molecular flexibility index (Phi) is 7.72. The van der Waals surface area contributed by atoms with Crippen molar-refractivity contribution >= 4 is 33.2 Å². The molecule has 1 aliphatic rings. The van der Waals surface area contributed by atoms with E-state index in [0.29, 0.717) is 13.0 Å². The molecule has 1 aromatic heterocycles. The molecule has 0 aliphatic carbocycles. The Labute approximate surface area is 181 Å². The highest BCUT2D eigenvalue weighted by atomic mass is 16.2. The minimum atomic E-state index is -0.826. The van der Waals surface area contributed by atoms with Gasteiger partial charge in [-0.05, 0) is 61.1 Å². The van der Waals surface area contributed by atoms with E-state index in [1.807, 2.05) is 23.1 Å². The van der Waals surface area contributed by atoms with Gasteiger partial charge in [-0.2, -0.15) is 0 Å². The minimum absolute atomic E-state index is 0.168. The molecule has 0 bridgehead atoms. The second-order valence-electron chi connectivity index (χ2n) is 7.89. The fourth-order valence-corrected chi connectivity index (χ4v) is 3.92. The van der Waals surface area contributed by atoms with Crippen molar-refractivity contribution in [2.24, 2.45) is 0 Å². The summed E-state index contributed by atoms with van der Waals surface area (Å²) in [7, 11) is 12.0. The highest BCUT2D eigenvalue weighted by Crippen LogP contribution is 2.32. The largest absolute Gasteiger partial charge is 0.357 e. The van der Waals surface area contributed by atoms with Crippen molar-refractivity contribution in [3.05, 3.63) is 59.9 Å². The Morgan fingerprint density at radius 3 is 2.73 bits per heavy atom. The number of amides is 2. The molecule has 7 heteroatoms. The first-order valence-electron chi connectivity index (χ1n) is 10.6. The molecule has 2 amide bonds. The van der Waals surface area contributed by atoms with E-state index in [2.05, 4.69) is 23.3 Å². The van der Waals surface area contributed by atoms with Gasteiger partial charge in [-0.3, -0.25) is 14.6 Å². The molecule has 3 atom stereocenters. The molecular formula is C23H27B2N3O2. The lowest BCUT2D eigenvalue weighted by Gasteiger charge is -2.23. The summed E-state index contributed by atoms with van der Waals surface area (Å²) in [5, 5.41) is 2.84. The second-order valence-corrected chi connectivity index (χ2v) is 7.89. The van der Waals surface area contributed by atoms with Crippen LogP contribution in [0.15, 0.2) is 48.8 Å². The molecular weight excluding hydrogens is 372 g/mol. The zero-order valence-electron chi connectivity index (χ0n) is 17.5. The number of fused-ring (bicyclic) bond motifs is 1. The van der Waals surface area contributed by atoms with Crippen molar-refractivity contribution in [1.29, 1.82) is 0 Å². The average Bonchev–Trinajstić information content (AvgIpc) is 3.11. The van der Waals surface area contributed by atoms with Crippen molar-refractivity contribution in [3.8, 4) is 0 Å². The summed E-state index contributed by atoms with van der Waals surface area (Å²) in [6, 6.07) is 11.9. The van der Waals surface area contributed by atoms with Crippen molar-refractivity contribution in [2.45, 2.75) is 56.7 Å². The van der Waals surface area contributed by atoms with Crippen LogP contribution in [0.1, 0.15) is 49.6 Å². The zero-order chi connectivity index (χ0) is 21.5. The van der Waals surface area contributed by atoms with Crippen LogP contribution < -0.4 is 10.2 Å². The van der Waals surface area contributed by atoms with Gasteiger partial charge in [0.1, 0.15) is 0 Å². The Bertz CT molecular complexity index is 863. The maximum Gasteiger partial charge on any atom is 0.227 e. The van der Waals surface area contributed by atoms with E-state index in [1.54, 1.807) is 24.5 Å². The predicted molar refractivity (Wildman–Crippen MR) is 121 cm³/mol. The summed E-state index contributed by atoms with van der Waals surface area (Å²) in [6.45, 7) is 2.61. The summed E-state index contributed by atoms with van der Waals surface area (Å²) < 4.78 is 0. The van der Waals surface area contributed by atoms with Crippen LogP contribution in [0.2, 0.25) is 5.82 Å². The standard InChI is InChI=1S/C23H27B2N3O2/c1-16-14-17-8-4-5-10-19(17)28(16)20(29)11-3-2-6-13-27-23(30)22(25)21(24)18-9-7-12-26-15-18/h4-5,7-10,12,15-16,21-22H,2-3,6,11,13-14H2,1H3,(H,27,30)/t16?,21-,22+/m1/s1. The molecule has 4 radical (unpaired) electrons. The summed E-state index contributed by atoms with van der Waals surface area (Å²) >= 11 is 0. The van der Waals surface area contributed by atoms with Gasteiger partial charge < -0.3 is 10.2 Å². The Morgan fingerprint density at radius 2 is 1.97 bits per heavy atom. The maximum absolute atomic E-state index is 12.7. The third-order valence-electron chi connectivity index (χ3n) is 5.60. The summed E-state index contributed by atoms with van der Waals surface area (Å²) in [5.41, 5.74) is 3.01. The van der Waals surface area contributed by atoms with Gasteiger partial charge in [-0.15, -0.1) is 0 Å². The number of pyridine rings is 1. The van der Waals surface area contributed by atoms with Gasteiger partial charge in [-0.25, -0.2) is 0 Å². The second kappa shape index (κ2) is 10.5. The van der Waals surface area contributed by atoms with Crippen LogP contribution in [0.5, 0.6) is 0 Å².